The van der Waals surface area contributed by atoms with Gasteiger partial charge in [-0.1, -0.05) is 6.58 Å². The van der Waals surface area contributed by atoms with E-state index in [1.54, 1.807) is 13.8 Å². The fourth-order valence-electron chi connectivity index (χ4n) is 2.60. The molecule has 0 radical (unpaired) electrons. The second-order valence-electron chi connectivity index (χ2n) is 5.33. The zero-order valence-corrected chi connectivity index (χ0v) is 11.5. The van der Waals surface area contributed by atoms with Crippen molar-refractivity contribution in [3.05, 3.63) is 45.4 Å². The molecule has 1 aromatic heterocycles. The summed E-state index contributed by atoms with van der Waals surface area (Å²) in [5, 5.41) is 9.60. The highest BCUT2D eigenvalue weighted by molar-refractivity contribution is 5.22. The average Bonchev–Trinajstić information content (AvgIpc) is 2.84. The van der Waals surface area contributed by atoms with Gasteiger partial charge in [0.15, 0.2) is 18.0 Å². The van der Waals surface area contributed by atoms with E-state index < -0.39 is 35.0 Å². The lowest BCUT2D eigenvalue weighted by atomic mass is 10.1. The molecular formula is C13H13N3O5. The highest BCUT2D eigenvalue weighted by Crippen LogP contribution is 2.46. The molecule has 0 unspecified atom stereocenters. The Kier molecular flexibility index (Phi) is 2.63. The Bertz CT molecular complexity index is 771. The molecule has 21 heavy (non-hydrogen) atoms. The summed E-state index contributed by atoms with van der Waals surface area (Å²) in [5.41, 5.74) is -3.11. The molecule has 0 aromatic carbocycles. The second-order valence-corrected chi connectivity index (χ2v) is 5.33. The summed E-state index contributed by atoms with van der Waals surface area (Å²) >= 11 is 0. The fraction of sp³-hybridized carbons (Fsp3) is 0.462. The lowest BCUT2D eigenvalue weighted by Gasteiger charge is -2.29. The van der Waals surface area contributed by atoms with Crippen molar-refractivity contribution in [2.45, 2.75) is 37.6 Å². The van der Waals surface area contributed by atoms with Gasteiger partial charge in [-0.3, -0.25) is 9.78 Å². The fourth-order valence-corrected chi connectivity index (χ4v) is 2.60. The van der Waals surface area contributed by atoms with Crippen LogP contribution in [0.1, 0.15) is 13.8 Å². The van der Waals surface area contributed by atoms with Gasteiger partial charge in [0, 0.05) is 12.3 Å². The van der Waals surface area contributed by atoms with Crippen LogP contribution in [0.3, 0.4) is 0 Å². The number of fused-ring (bicyclic) bond motifs is 1. The van der Waals surface area contributed by atoms with Gasteiger partial charge in [0.25, 0.3) is 5.56 Å². The van der Waals surface area contributed by atoms with Gasteiger partial charge in [-0.2, -0.15) is 5.26 Å². The summed E-state index contributed by atoms with van der Waals surface area (Å²) in [6, 6.07) is 3.07. The van der Waals surface area contributed by atoms with Crippen molar-refractivity contribution in [2.75, 3.05) is 0 Å². The molecule has 1 aromatic rings. The monoisotopic (exact) mass is 291 g/mol. The van der Waals surface area contributed by atoms with Gasteiger partial charge in [-0.05, 0) is 13.8 Å². The van der Waals surface area contributed by atoms with E-state index in [2.05, 4.69) is 11.6 Å². The van der Waals surface area contributed by atoms with Crippen molar-refractivity contribution in [3.8, 4) is 6.07 Å². The largest absolute Gasteiger partial charge is 0.454 e. The first-order valence-corrected chi connectivity index (χ1v) is 6.26. The highest BCUT2D eigenvalue weighted by Gasteiger charge is 2.63. The van der Waals surface area contributed by atoms with Crippen LogP contribution in [0, 0.1) is 11.3 Å². The molecular weight excluding hydrogens is 278 g/mol. The number of ether oxygens (including phenoxy) is 3. The van der Waals surface area contributed by atoms with Crippen molar-refractivity contribution in [1.29, 1.82) is 5.26 Å². The Hall–Kier alpha value is -2.37. The lowest BCUT2D eigenvalue weighted by molar-refractivity contribution is -0.189. The summed E-state index contributed by atoms with van der Waals surface area (Å²) in [4.78, 5) is 25.3. The summed E-state index contributed by atoms with van der Waals surface area (Å²) in [7, 11) is 0. The van der Waals surface area contributed by atoms with Gasteiger partial charge in [-0.15, -0.1) is 0 Å². The van der Waals surface area contributed by atoms with Crippen molar-refractivity contribution < 1.29 is 14.2 Å². The van der Waals surface area contributed by atoms with E-state index in [1.165, 1.54) is 6.20 Å². The summed E-state index contributed by atoms with van der Waals surface area (Å²) in [6.07, 6.45) is -0.346. The minimum atomic E-state index is -1.77. The SMILES string of the molecule is C=C1O[C@@](C#N)(n2ccc(=O)[nH]c2=O)[C@@H]2OC(C)(C)O[C@H]12. The standard InChI is InChI=1S/C13H13N3O5/c1-7-9-10(21-12(2,3)20-9)13(6-14,19-7)16-5-4-8(17)15-11(16)18/h4-5,9-10H,1H2,2-3H3,(H,15,17,18)/t9-,10-,13-/m1/s1. The smallest absolute Gasteiger partial charge is 0.332 e. The molecule has 2 fully saturated rings. The van der Waals surface area contributed by atoms with E-state index in [1.807, 2.05) is 6.07 Å². The summed E-state index contributed by atoms with van der Waals surface area (Å²) in [5.74, 6) is -0.735. The zero-order chi connectivity index (χ0) is 15.4. The molecule has 1 N–H and O–H groups in total. The van der Waals surface area contributed by atoms with E-state index in [4.69, 9.17) is 14.2 Å². The molecule has 3 heterocycles. The van der Waals surface area contributed by atoms with Gasteiger partial charge < -0.3 is 14.2 Å². The number of rotatable bonds is 1. The maximum atomic E-state index is 12.0. The van der Waals surface area contributed by atoms with Crippen LogP contribution in [0.25, 0.3) is 0 Å². The van der Waals surface area contributed by atoms with Crippen molar-refractivity contribution in [3.63, 3.8) is 0 Å². The van der Waals surface area contributed by atoms with Crippen LogP contribution in [-0.4, -0.2) is 27.5 Å². The molecule has 2 saturated heterocycles. The van der Waals surface area contributed by atoms with Gasteiger partial charge in [0.1, 0.15) is 11.8 Å². The van der Waals surface area contributed by atoms with Crippen LogP contribution in [-0.2, 0) is 19.9 Å². The number of nitriles is 1. The number of H-pyrrole nitrogens is 1. The van der Waals surface area contributed by atoms with Gasteiger partial charge in [0.05, 0.1) is 0 Å². The first-order valence-electron chi connectivity index (χ1n) is 6.26. The third kappa shape index (κ3) is 1.82. The van der Waals surface area contributed by atoms with E-state index >= 15 is 0 Å². The van der Waals surface area contributed by atoms with E-state index in [0.717, 1.165) is 10.6 Å². The Labute approximate surface area is 119 Å². The van der Waals surface area contributed by atoms with Crippen molar-refractivity contribution >= 4 is 0 Å². The zero-order valence-electron chi connectivity index (χ0n) is 11.5. The number of aromatic amines is 1. The van der Waals surface area contributed by atoms with Gasteiger partial charge >= 0.3 is 11.4 Å². The predicted molar refractivity (Wildman–Crippen MR) is 69.0 cm³/mol. The number of nitrogens with zero attached hydrogens (tertiary/aromatic N) is 2. The van der Waals surface area contributed by atoms with Crippen LogP contribution in [0.5, 0.6) is 0 Å². The molecule has 0 aliphatic carbocycles. The molecule has 0 saturated carbocycles. The third-order valence-electron chi connectivity index (χ3n) is 3.43. The lowest BCUT2D eigenvalue weighted by Crippen LogP contribution is -2.50. The third-order valence-corrected chi connectivity index (χ3v) is 3.43. The van der Waals surface area contributed by atoms with Crippen molar-refractivity contribution in [2.24, 2.45) is 0 Å². The molecule has 110 valence electrons. The summed E-state index contributed by atoms with van der Waals surface area (Å²) < 4.78 is 17.8. The Morgan fingerprint density at radius 3 is 2.76 bits per heavy atom. The average molecular weight is 291 g/mol. The molecule has 2 aliphatic heterocycles. The van der Waals surface area contributed by atoms with Crippen LogP contribution >= 0.6 is 0 Å². The van der Waals surface area contributed by atoms with Crippen LogP contribution in [0.2, 0.25) is 0 Å². The molecule has 2 aliphatic rings. The van der Waals surface area contributed by atoms with Crippen LogP contribution in [0.15, 0.2) is 34.2 Å². The molecule has 0 amide bonds. The van der Waals surface area contributed by atoms with Crippen molar-refractivity contribution in [1.82, 2.24) is 9.55 Å². The molecule has 3 atom stereocenters. The maximum Gasteiger partial charge on any atom is 0.332 e. The highest BCUT2D eigenvalue weighted by atomic mass is 16.8. The Balaban J connectivity index is 2.18. The Morgan fingerprint density at radius 1 is 1.43 bits per heavy atom. The topological polar surface area (TPSA) is 106 Å². The minimum absolute atomic E-state index is 0.199. The Morgan fingerprint density at radius 2 is 2.14 bits per heavy atom. The van der Waals surface area contributed by atoms with Crippen LogP contribution < -0.4 is 11.2 Å². The molecule has 8 nitrogen and oxygen atoms in total. The number of aromatic nitrogens is 2. The molecule has 0 spiro atoms. The number of hydrogen-bond donors (Lipinski definition) is 1. The van der Waals surface area contributed by atoms with E-state index in [-0.39, 0.29) is 5.76 Å². The number of hydrogen-bond acceptors (Lipinski definition) is 6. The van der Waals surface area contributed by atoms with E-state index in [9.17, 15) is 14.9 Å². The molecule has 3 rings (SSSR count). The van der Waals surface area contributed by atoms with Gasteiger partial charge in [-0.25, -0.2) is 9.36 Å². The minimum Gasteiger partial charge on any atom is -0.454 e. The van der Waals surface area contributed by atoms with Crippen LogP contribution in [0.4, 0.5) is 0 Å². The van der Waals surface area contributed by atoms with Gasteiger partial charge in [0.2, 0.25) is 0 Å². The second kappa shape index (κ2) is 4.07. The first kappa shape index (κ1) is 13.6. The van der Waals surface area contributed by atoms with E-state index in [0.29, 0.717) is 0 Å². The number of nitrogens with one attached hydrogen (secondary N) is 1. The maximum absolute atomic E-state index is 12.0. The summed E-state index contributed by atoms with van der Waals surface area (Å²) in [6.45, 7) is 7.09. The molecule has 0 bridgehead atoms. The first-order chi connectivity index (χ1) is 9.79. The predicted octanol–water partition coefficient (Wildman–Crippen LogP) is -0.223. The molecule has 8 heteroatoms. The quantitative estimate of drug-likeness (QED) is 0.766. The normalized spacial score (nSPS) is 33.3.